The first kappa shape index (κ1) is 13.5. The molecular formula is C14H12BrN3O. The van der Waals surface area contributed by atoms with E-state index in [2.05, 4.69) is 27.0 Å². The fourth-order valence-corrected chi connectivity index (χ4v) is 2.13. The van der Waals surface area contributed by atoms with Gasteiger partial charge in [0.2, 0.25) is 0 Å². The summed E-state index contributed by atoms with van der Waals surface area (Å²) in [4.78, 5) is 15.9. The van der Waals surface area contributed by atoms with E-state index in [-0.39, 0.29) is 5.69 Å². The smallest absolute Gasteiger partial charge is 0.291 e. The van der Waals surface area contributed by atoms with Crippen LogP contribution in [-0.4, -0.2) is 9.55 Å². The Morgan fingerprint density at radius 3 is 2.53 bits per heavy atom. The van der Waals surface area contributed by atoms with E-state index in [1.54, 1.807) is 23.6 Å². The van der Waals surface area contributed by atoms with Crippen molar-refractivity contribution in [2.75, 3.05) is 0 Å². The Morgan fingerprint density at radius 1 is 1.32 bits per heavy atom. The highest BCUT2D eigenvalue weighted by Crippen LogP contribution is 2.17. The molecule has 1 aromatic carbocycles. The molecule has 0 saturated carbocycles. The summed E-state index contributed by atoms with van der Waals surface area (Å²) in [5, 5.41) is 8.75. The van der Waals surface area contributed by atoms with Gasteiger partial charge in [-0.05, 0) is 47.5 Å². The van der Waals surface area contributed by atoms with Crippen LogP contribution in [0.3, 0.4) is 0 Å². The molecule has 0 fully saturated rings. The molecule has 2 aromatic rings. The Balaban J connectivity index is 2.41. The Bertz CT molecular complexity index is 711. The number of benzene rings is 1. The lowest BCUT2D eigenvalue weighted by atomic mass is 10.1. The van der Waals surface area contributed by atoms with Crippen molar-refractivity contribution in [1.82, 2.24) is 9.55 Å². The van der Waals surface area contributed by atoms with Gasteiger partial charge in [-0.2, -0.15) is 10.2 Å². The molecule has 0 aliphatic heterocycles. The molecule has 0 bridgehead atoms. The van der Waals surface area contributed by atoms with Gasteiger partial charge >= 0.3 is 5.69 Å². The summed E-state index contributed by atoms with van der Waals surface area (Å²) in [6.07, 6.45) is 0. The molecule has 0 amide bonds. The molecule has 0 radical (unpaired) electrons. The molecule has 0 aliphatic rings. The highest BCUT2D eigenvalue weighted by atomic mass is 79.9. The summed E-state index contributed by atoms with van der Waals surface area (Å²) in [7, 11) is 0. The molecule has 1 aromatic heterocycles. The molecule has 4 nitrogen and oxygen atoms in total. The molecule has 96 valence electrons. The molecule has 2 rings (SSSR count). The normalized spacial score (nSPS) is 10.2. The first-order valence-electron chi connectivity index (χ1n) is 5.75. The van der Waals surface area contributed by atoms with Crippen LogP contribution in [0.5, 0.6) is 0 Å². The number of hydrogen-bond donors (Lipinski definition) is 0. The van der Waals surface area contributed by atoms with Crippen molar-refractivity contribution in [2.45, 2.75) is 20.4 Å². The van der Waals surface area contributed by atoms with Crippen LogP contribution in [0, 0.1) is 25.2 Å². The van der Waals surface area contributed by atoms with Gasteiger partial charge in [0.25, 0.3) is 0 Å². The highest BCUT2D eigenvalue weighted by Gasteiger charge is 2.09. The van der Waals surface area contributed by atoms with Gasteiger partial charge in [-0.25, -0.2) is 4.79 Å². The molecule has 0 N–H and O–H groups in total. The van der Waals surface area contributed by atoms with Crippen molar-refractivity contribution < 1.29 is 0 Å². The molecule has 5 heteroatoms. The number of halogens is 1. The molecule has 19 heavy (non-hydrogen) atoms. The van der Waals surface area contributed by atoms with E-state index in [4.69, 9.17) is 5.26 Å². The quantitative estimate of drug-likeness (QED) is 0.855. The van der Waals surface area contributed by atoms with Crippen LogP contribution in [-0.2, 0) is 6.54 Å². The largest absolute Gasteiger partial charge is 0.348 e. The van der Waals surface area contributed by atoms with E-state index in [0.717, 1.165) is 15.7 Å². The number of nitrogens with zero attached hydrogens (tertiary/aromatic N) is 3. The van der Waals surface area contributed by atoms with Gasteiger partial charge in [0.1, 0.15) is 0 Å². The Kier molecular flexibility index (Phi) is 3.82. The zero-order chi connectivity index (χ0) is 14.0. The lowest BCUT2D eigenvalue weighted by Gasteiger charge is -2.12. The van der Waals surface area contributed by atoms with Gasteiger partial charge < -0.3 is 0 Å². The van der Waals surface area contributed by atoms with Crippen molar-refractivity contribution in [3.8, 4) is 6.07 Å². The second kappa shape index (κ2) is 5.37. The summed E-state index contributed by atoms with van der Waals surface area (Å²) >= 11 is 3.44. The van der Waals surface area contributed by atoms with Crippen molar-refractivity contribution >= 4 is 15.9 Å². The predicted octanol–water partition coefficient (Wildman–Crippen LogP) is 2.54. The lowest BCUT2D eigenvalue weighted by molar-refractivity contribution is 0.688. The summed E-state index contributed by atoms with van der Waals surface area (Å²) in [6, 6.07) is 9.24. The van der Waals surface area contributed by atoms with Crippen molar-refractivity contribution in [3.05, 3.63) is 61.7 Å². The van der Waals surface area contributed by atoms with E-state index in [9.17, 15) is 4.79 Å². The van der Waals surface area contributed by atoms with Gasteiger partial charge in [-0.1, -0.05) is 12.1 Å². The van der Waals surface area contributed by atoms with Gasteiger partial charge in [0, 0.05) is 5.69 Å². The second-order valence-corrected chi connectivity index (χ2v) is 5.07. The van der Waals surface area contributed by atoms with Gasteiger partial charge in [0.05, 0.1) is 28.3 Å². The van der Waals surface area contributed by atoms with Crippen LogP contribution < -0.4 is 5.69 Å². The van der Waals surface area contributed by atoms with Crippen LogP contribution in [0.15, 0.2) is 33.5 Å². The lowest BCUT2D eigenvalue weighted by Crippen LogP contribution is -2.26. The standard InChI is InChI=1S/C14H12BrN3O/c1-9-13(15)10(2)18(14(19)17-9)8-12-5-3-11(7-16)4-6-12/h3-6H,8H2,1-2H3. The van der Waals surface area contributed by atoms with Crippen LogP contribution in [0.4, 0.5) is 0 Å². The SMILES string of the molecule is Cc1nc(=O)n(Cc2ccc(C#N)cc2)c(C)c1Br. The number of nitriles is 1. The van der Waals surface area contributed by atoms with Crippen LogP contribution >= 0.6 is 15.9 Å². The maximum absolute atomic E-state index is 11.9. The zero-order valence-corrected chi connectivity index (χ0v) is 12.2. The van der Waals surface area contributed by atoms with Crippen LogP contribution in [0.1, 0.15) is 22.5 Å². The number of aromatic nitrogens is 2. The second-order valence-electron chi connectivity index (χ2n) is 4.27. The minimum Gasteiger partial charge on any atom is -0.291 e. The summed E-state index contributed by atoms with van der Waals surface area (Å²) < 4.78 is 2.46. The number of rotatable bonds is 2. The van der Waals surface area contributed by atoms with E-state index in [0.29, 0.717) is 17.8 Å². The predicted molar refractivity (Wildman–Crippen MR) is 75.9 cm³/mol. The van der Waals surface area contributed by atoms with Crippen molar-refractivity contribution in [2.24, 2.45) is 0 Å². The fourth-order valence-electron chi connectivity index (χ4n) is 1.83. The van der Waals surface area contributed by atoms with Crippen LogP contribution in [0.2, 0.25) is 0 Å². The maximum atomic E-state index is 11.9. The average molecular weight is 318 g/mol. The van der Waals surface area contributed by atoms with Gasteiger partial charge in [-0.3, -0.25) is 4.57 Å². The van der Waals surface area contributed by atoms with Crippen molar-refractivity contribution in [1.29, 1.82) is 5.26 Å². The molecule has 0 unspecified atom stereocenters. The third-order valence-corrected chi connectivity index (χ3v) is 4.11. The van der Waals surface area contributed by atoms with E-state index >= 15 is 0 Å². The molecule has 1 heterocycles. The number of hydrogen-bond acceptors (Lipinski definition) is 3. The third kappa shape index (κ3) is 2.74. The molecular weight excluding hydrogens is 306 g/mol. The van der Waals surface area contributed by atoms with E-state index in [1.807, 2.05) is 19.1 Å². The minimum absolute atomic E-state index is 0.262. The average Bonchev–Trinajstić information content (AvgIpc) is 2.42. The zero-order valence-electron chi connectivity index (χ0n) is 10.6. The first-order valence-corrected chi connectivity index (χ1v) is 6.55. The van der Waals surface area contributed by atoms with Gasteiger partial charge in [-0.15, -0.1) is 0 Å². The number of aryl methyl sites for hydroxylation is 1. The van der Waals surface area contributed by atoms with E-state index in [1.165, 1.54) is 0 Å². The first-order chi connectivity index (χ1) is 9.02. The van der Waals surface area contributed by atoms with Crippen molar-refractivity contribution in [3.63, 3.8) is 0 Å². The van der Waals surface area contributed by atoms with Gasteiger partial charge in [0.15, 0.2) is 0 Å². The fraction of sp³-hybridized carbons (Fsp3) is 0.214. The summed E-state index contributed by atoms with van der Waals surface area (Å²) in [6.45, 7) is 4.12. The summed E-state index contributed by atoms with van der Waals surface area (Å²) in [5.74, 6) is 0. The Morgan fingerprint density at radius 2 is 1.95 bits per heavy atom. The topological polar surface area (TPSA) is 58.7 Å². The third-order valence-electron chi connectivity index (χ3n) is 2.96. The Hall–Kier alpha value is -1.93. The Labute approximate surface area is 119 Å². The maximum Gasteiger partial charge on any atom is 0.348 e. The molecule has 0 atom stereocenters. The summed E-state index contributed by atoms with van der Waals surface area (Å²) in [5.41, 5.74) is 2.85. The van der Waals surface area contributed by atoms with E-state index < -0.39 is 0 Å². The highest BCUT2D eigenvalue weighted by molar-refractivity contribution is 9.10. The monoisotopic (exact) mass is 317 g/mol. The van der Waals surface area contributed by atoms with Crippen LogP contribution in [0.25, 0.3) is 0 Å². The molecule has 0 aliphatic carbocycles. The molecule has 0 spiro atoms. The minimum atomic E-state index is -0.262. The molecule has 0 saturated heterocycles.